The molecule has 3 aromatic rings. The van der Waals surface area contributed by atoms with Gasteiger partial charge in [0.05, 0.1) is 12.0 Å². The van der Waals surface area contributed by atoms with Crippen LogP contribution in [-0.2, 0) is 11.2 Å². The summed E-state index contributed by atoms with van der Waals surface area (Å²) in [5, 5.41) is 14.0. The molecule has 0 saturated carbocycles. The summed E-state index contributed by atoms with van der Waals surface area (Å²) >= 11 is 7.25. The van der Waals surface area contributed by atoms with Gasteiger partial charge in [0.15, 0.2) is 5.82 Å². The van der Waals surface area contributed by atoms with E-state index in [2.05, 4.69) is 21.4 Å². The monoisotopic (exact) mass is 411 g/mol. The fourth-order valence-electron chi connectivity index (χ4n) is 3.04. The molecule has 0 saturated heterocycles. The summed E-state index contributed by atoms with van der Waals surface area (Å²) in [6.45, 7) is 2.55. The highest BCUT2D eigenvalue weighted by molar-refractivity contribution is 7.99. The molecule has 0 fully saturated rings. The van der Waals surface area contributed by atoms with Crippen molar-refractivity contribution in [2.45, 2.75) is 18.5 Å². The number of aryl methyl sites for hydroxylation is 1. The molecule has 0 spiro atoms. The zero-order chi connectivity index (χ0) is 19.5. The van der Waals surface area contributed by atoms with Gasteiger partial charge in [-0.05, 0) is 42.7 Å². The number of benzene rings is 2. The Morgan fingerprint density at radius 3 is 2.82 bits per heavy atom. The van der Waals surface area contributed by atoms with Crippen LogP contribution in [0.25, 0.3) is 0 Å². The van der Waals surface area contributed by atoms with Crippen LogP contribution in [-0.4, -0.2) is 39.3 Å². The summed E-state index contributed by atoms with van der Waals surface area (Å²) in [6, 6.07) is 15.4. The molecule has 2 heterocycles. The molecule has 0 radical (unpaired) electrons. The Balaban J connectivity index is 1.45. The van der Waals surface area contributed by atoms with E-state index in [1.54, 1.807) is 10.9 Å². The van der Waals surface area contributed by atoms with Crippen LogP contribution in [0.4, 0.5) is 5.69 Å². The van der Waals surface area contributed by atoms with Crippen molar-refractivity contribution in [2.75, 3.05) is 17.2 Å². The number of fused-ring (bicyclic) bond motifs is 1. The summed E-state index contributed by atoms with van der Waals surface area (Å²) in [4.78, 5) is 14.5. The van der Waals surface area contributed by atoms with Crippen molar-refractivity contribution in [3.8, 4) is 0 Å². The van der Waals surface area contributed by atoms with Crippen LogP contribution < -0.4 is 4.90 Å². The van der Waals surface area contributed by atoms with Crippen molar-refractivity contribution in [2.24, 2.45) is 5.10 Å². The van der Waals surface area contributed by atoms with Gasteiger partial charge in [-0.3, -0.25) is 4.79 Å². The smallest absolute Gasteiger partial charge is 0.237 e. The second-order valence-electron chi connectivity index (χ2n) is 6.35. The second kappa shape index (κ2) is 8.16. The molecule has 1 amide bonds. The number of hydrogen-bond donors (Lipinski definition) is 0. The lowest BCUT2D eigenvalue weighted by molar-refractivity contribution is -0.116. The average Bonchev–Trinajstić information content (AvgIpc) is 3.29. The average molecular weight is 412 g/mol. The van der Waals surface area contributed by atoms with Crippen molar-refractivity contribution >= 4 is 41.2 Å². The molecule has 8 heteroatoms. The summed E-state index contributed by atoms with van der Waals surface area (Å²) in [6.07, 6.45) is 2.61. The fraction of sp³-hybridized carbons (Fsp3) is 0.200. The quantitative estimate of drug-likeness (QED) is 0.473. The van der Waals surface area contributed by atoms with Gasteiger partial charge in [0.1, 0.15) is 0 Å². The van der Waals surface area contributed by atoms with Gasteiger partial charge >= 0.3 is 0 Å². The SMILES string of the molecule is Cc1nnc(SCC(=O)N2CCc3ccccc32)n1/N=C\c1ccc(Cl)cc1. The number of carbonyl (C=O) groups is 1. The van der Waals surface area contributed by atoms with E-state index in [-0.39, 0.29) is 11.7 Å². The topological polar surface area (TPSA) is 63.4 Å². The lowest BCUT2D eigenvalue weighted by Crippen LogP contribution is -2.30. The summed E-state index contributed by atoms with van der Waals surface area (Å²) < 4.78 is 1.64. The van der Waals surface area contributed by atoms with E-state index in [1.165, 1.54) is 17.3 Å². The number of rotatable bonds is 5. The summed E-state index contributed by atoms with van der Waals surface area (Å²) in [7, 11) is 0. The van der Waals surface area contributed by atoms with Crippen LogP contribution in [0.5, 0.6) is 0 Å². The van der Waals surface area contributed by atoms with Gasteiger partial charge in [0, 0.05) is 17.3 Å². The third-order valence-electron chi connectivity index (χ3n) is 4.47. The lowest BCUT2D eigenvalue weighted by Gasteiger charge is -2.16. The maximum atomic E-state index is 12.7. The molecule has 2 aromatic carbocycles. The molecule has 28 heavy (non-hydrogen) atoms. The summed E-state index contributed by atoms with van der Waals surface area (Å²) in [5.41, 5.74) is 3.14. The number of hydrogen-bond acceptors (Lipinski definition) is 5. The predicted molar refractivity (Wildman–Crippen MR) is 112 cm³/mol. The fourth-order valence-corrected chi connectivity index (χ4v) is 3.97. The number of anilines is 1. The van der Waals surface area contributed by atoms with Crippen LogP contribution in [0.15, 0.2) is 58.8 Å². The van der Waals surface area contributed by atoms with Gasteiger partial charge in [-0.1, -0.05) is 53.7 Å². The second-order valence-corrected chi connectivity index (χ2v) is 7.73. The molecule has 0 aliphatic carbocycles. The molecule has 142 valence electrons. The van der Waals surface area contributed by atoms with Crippen molar-refractivity contribution in [3.05, 3.63) is 70.5 Å². The molecule has 0 bridgehead atoms. The Labute approximate surface area is 172 Å². The molecule has 0 unspecified atom stereocenters. The zero-order valence-electron chi connectivity index (χ0n) is 15.2. The van der Waals surface area contributed by atoms with Crippen molar-refractivity contribution < 1.29 is 4.79 Å². The van der Waals surface area contributed by atoms with Crippen LogP contribution in [0.2, 0.25) is 5.02 Å². The Morgan fingerprint density at radius 2 is 2.00 bits per heavy atom. The third-order valence-corrected chi connectivity index (χ3v) is 5.63. The number of thioether (sulfide) groups is 1. The number of halogens is 1. The minimum Gasteiger partial charge on any atom is -0.311 e. The van der Waals surface area contributed by atoms with E-state index < -0.39 is 0 Å². The predicted octanol–water partition coefficient (Wildman–Crippen LogP) is 3.80. The largest absolute Gasteiger partial charge is 0.311 e. The zero-order valence-corrected chi connectivity index (χ0v) is 16.8. The molecule has 1 aliphatic rings. The normalized spacial score (nSPS) is 13.3. The van der Waals surface area contributed by atoms with Crippen LogP contribution >= 0.6 is 23.4 Å². The van der Waals surface area contributed by atoms with E-state index in [0.717, 1.165) is 24.2 Å². The van der Waals surface area contributed by atoms with E-state index in [0.29, 0.717) is 16.0 Å². The molecular weight excluding hydrogens is 394 g/mol. The van der Waals surface area contributed by atoms with E-state index in [1.807, 2.05) is 54.3 Å². The number of para-hydroxylation sites is 1. The Morgan fingerprint density at radius 1 is 1.21 bits per heavy atom. The Hall–Kier alpha value is -2.64. The number of nitrogens with zero attached hydrogens (tertiary/aromatic N) is 5. The maximum absolute atomic E-state index is 12.7. The van der Waals surface area contributed by atoms with Crippen LogP contribution in [0.1, 0.15) is 17.0 Å². The van der Waals surface area contributed by atoms with Gasteiger partial charge in [0.25, 0.3) is 0 Å². The minimum absolute atomic E-state index is 0.0591. The Bertz CT molecular complexity index is 1030. The number of aromatic nitrogens is 3. The first kappa shape index (κ1) is 18.7. The van der Waals surface area contributed by atoms with Crippen molar-refractivity contribution in [3.63, 3.8) is 0 Å². The van der Waals surface area contributed by atoms with Gasteiger partial charge in [0.2, 0.25) is 11.1 Å². The molecule has 4 rings (SSSR count). The molecule has 1 aliphatic heterocycles. The van der Waals surface area contributed by atoms with Crippen molar-refractivity contribution in [1.29, 1.82) is 0 Å². The highest BCUT2D eigenvalue weighted by atomic mass is 35.5. The first-order valence-electron chi connectivity index (χ1n) is 8.85. The first-order chi connectivity index (χ1) is 13.6. The van der Waals surface area contributed by atoms with E-state index in [9.17, 15) is 4.79 Å². The summed E-state index contributed by atoms with van der Waals surface area (Å²) in [5.74, 6) is 0.999. The van der Waals surface area contributed by atoms with Gasteiger partial charge < -0.3 is 4.90 Å². The molecule has 0 atom stereocenters. The van der Waals surface area contributed by atoms with E-state index in [4.69, 9.17) is 11.6 Å². The third kappa shape index (κ3) is 3.95. The lowest BCUT2D eigenvalue weighted by atomic mass is 10.2. The molecular formula is C20H18ClN5OS. The first-order valence-corrected chi connectivity index (χ1v) is 10.2. The number of carbonyl (C=O) groups excluding carboxylic acids is 1. The molecule has 0 N–H and O–H groups in total. The molecule has 1 aromatic heterocycles. The maximum Gasteiger partial charge on any atom is 0.237 e. The standard InChI is InChI=1S/C20H18ClN5OS/c1-14-23-24-20(26(14)22-12-15-6-8-17(21)9-7-15)28-13-19(27)25-11-10-16-4-2-3-5-18(16)25/h2-9,12H,10-11,13H2,1H3/b22-12-. The van der Waals surface area contributed by atoms with Gasteiger partial charge in [-0.2, -0.15) is 9.78 Å². The van der Waals surface area contributed by atoms with E-state index >= 15 is 0 Å². The highest BCUT2D eigenvalue weighted by Crippen LogP contribution is 2.28. The highest BCUT2D eigenvalue weighted by Gasteiger charge is 2.24. The molecule has 6 nitrogen and oxygen atoms in total. The number of amides is 1. The van der Waals surface area contributed by atoms with Gasteiger partial charge in [-0.15, -0.1) is 10.2 Å². The van der Waals surface area contributed by atoms with Gasteiger partial charge in [-0.25, -0.2) is 0 Å². The van der Waals surface area contributed by atoms with Crippen molar-refractivity contribution in [1.82, 2.24) is 14.9 Å². The Kier molecular flexibility index (Phi) is 5.45. The van der Waals surface area contributed by atoms with Crippen LogP contribution in [0.3, 0.4) is 0 Å². The minimum atomic E-state index is 0.0591. The van der Waals surface area contributed by atoms with Crippen LogP contribution in [0, 0.1) is 6.92 Å².